The highest BCUT2D eigenvalue weighted by Gasteiger charge is 2.22. The number of hydrogen-bond acceptors (Lipinski definition) is 9. The van der Waals surface area contributed by atoms with Gasteiger partial charge in [0.05, 0.1) is 37.4 Å². The number of alkyl halides is 1. The molecule has 2 aromatic heterocycles. The van der Waals surface area contributed by atoms with E-state index in [1.807, 2.05) is 96.2 Å². The number of anilines is 4. The lowest BCUT2D eigenvalue weighted by molar-refractivity contribution is 0.0383. The Morgan fingerprint density at radius 1 is 0.915 bits per heavy atom. The number of methoxy groups -OCH3 is 1. The molecule has 0 saturated carbocycles. The fourth-order valence-electron chi connectivity index (χ4n) is 6.45. The molecule has 1 aliphatic rings. The van der Waals surface area contributed by atoms with Gasteiger partial charge in [0.15, 0.2) is 0 Å². The Bertz CT molecular complexity index is 2400. The van der Waals surface area contributed by atoms with Crippen molar-refractivity contribution >= 4 is 68.3 Å². The van der Waals surface area contributed by atoms with Gasteiger partial charge < -0.3 is 30.2 Å². The number of fused-ring (bicyclic) bond motifs is 1. The first-order valence-electron chi connectivity index (χ1n) is 20.0. The van der Waals surface area contributed by atoms with E-state index in [0.717, 1.165) is 47.4 Å². The molecule has 0 unspecified atom stereocenters. The van der Waals surface area contributed by atoms with Crippen molar-refractivity contribution in [3.8, 4) is 22.9 Å². The smallest absolute Gasteiger partial charge is 0.324 e. The van der Waals surface area contributed by atoms with Crippen LogP contribution in [0.4, 0.5) is 27.8 Å². The van der Waals surface area contributed by atoms with Crippen molar-refractivity contribution < 1.29 is 25.2 Å². The Morgan fingerprint density at radius 2 is 1.66 bits per heavy atom. The Morgan fingerprint density at radius 3 is 2.39 bits per heavy atom. The second kappa shape index (κ2) is 19.8. The number of benzene rings is 4. The molecule has 3 amide bonds. The number of nitrogens with zero attached hydrogens (tertiary/aromatic N) is 4. The Balaban J connectivity index is 0.00000195. The van der Waals surface area contributed by atoms with Crippen molar-refractivity contribution in [2.24, 2.45) is 0 Å². The van der Waals surface area contributed by atoms with Gasteiger partial charge in [-0.1, -0.05) is 85.3 Å². The first-order chi connectivity index (χ1) is 28.9. The molecule has 0 atom stereocenters. The molecule has 0 aliphatic carbocycles. The van der Waals surface area contributed by atoms with Crippen molar-refractivity contribution in [3.05, 3.63) is 120 Å². The minimum atomic E-state index is -0.404. The summed E-state index contributed by atoms with van der Waals surface area (Å²) in [5, 5.41) is 18.8. The van der Waals surface area contributed by atoms with Gasteiger partial charge in [0.2, 0.25) is 0 Å². The number of urea groups is 1. The molecule has 308 valence electrons. The van der Waals surface area contributed by atoms with Crippen LogP contribution >= 0.6 is 22.6 Å². The summed E-state index contributed by atoms with van der Waals surface area (Å²) >= 11 is 1.96. The van der Waals surface area contributed by atoms with Crippen molar-refractivity contribution in [3.63, 3.8) is 0 Å². The molecule has 3 heterocycles. The number of nitrogens with one attached hydrogen (secondary N) is 4. The highest BCUT2D eigenvalue weighted by atomic mass is 127. The zero-order valence-electron chi connectivity index (χ0n) is 35.0. The van der Waals surface area contributed by atoms with Crippen LogP contribution in [0.5, 0.6) is 17.2 Å². The Labute approximate surface area is 360 Å². The molecular weight excluding hydrogens is 859 g/mol. The van der Waals surface area contributed by atoms with Crippen LogP contribution in [0.15, 0.2) is 103 Å². The molecule has 1 saturated heterocycles. The zero-order valence-corrected chi connectivity index (χ0v) is 36.1. The number of amides is 3. The molecular formula is C45H51IN8O5. The number of carbonyl (C=O) groups is 2. The molecule has 1 aliphatic heterocycles. The maximum Gasteiger partial charge on any atom is 0.324 e. The number of pyridine rings is 1. The van der Waals surface area contributed by atoms with E-state index in [9.17, 15) is 9.59 Å². The molecule has 1 fully saturated rings. The van der Waals surface area contributed by atoms with Crippen molar-refractivity contribution in [2.75, 3.05) is 67.4 Å². The molecule has 59 heavy (non-hydrogen) atoms. The number of aromatic nitrogens is 3. The van der Waals surface area contributed by atoms with Gasteiger partial charge in [-0.05, 0) is 54.3 Å². The maximum absolute atomic E-state index is 13.5. The fraction of sp³-hybridized carbons (Fsp3) is 0.289. The van der Waals surface area contributed by atoms with E-state index >= 15 is 0 Å². The molecule has 4 N–H and O–H groups in total. The summed E-state index contributed by atoms with van der Waals surface area (Å²) in [4.78, 5) is 33.9. The van der Waals surface area contributed by atoms with E-state index in [0.29, 0.717) is 70.5 Å². The lowest BCUT2D eigenvalue weighted by Crippen LogP contribution is -2.41. The minimum Gasteiger partial charge on any atom is -0.497 e. The van der Waals surface area contributed by atoms with Crippen LogP contribution in [0.25, 0.3) is 16.5 Å². The van der Waals surface area contributed by atoms with Gasteiger partial charge >= 0.3 is 6.03 Å². The summed E-state index contributed by atoms with van der Waals surface area (Å²) < 4.78 is 25.3. The predicted octanol–water partition coefficient (Wildman–Crippen LogP) is 9.33. The van der Waals surface area contributed by atoms with Crippen molar-refractivity contribution in [2.45, 2.75) is 33.1 Å². The average molecular weight is 912 g/mol. The molecule has 6 aromatic rings. The number of morpholine rings is 1. The van der Waals surface area contributed by atoms with Crippen molar-refractivity contribution in [1.29, 1.82) is 0 Å². The summed E-state index contributed by atoms with van der Waals surface area (Å²) in [6.07, 6.45) is 1.64. The molecule has 0 spiro atoms. The largest absolute Gasteiger partial charge is 0.497 e. The van der Waals surface area contributed by atoms with E-state index in [2.05, 4.69) is 51.9 Å². The summed E-state index contributed by atoms with van der Waals surface area (Å²) in [5.74, 6) is 2.54. The standard InChI is InChI=1S/C44H48N8O5.CH3I/c1-29-10-12-32(13-11-29)52-41(28-39(50-52)44(2,3)4)49-43(54)48-37-14-15-38(36-9-7-6-8-35(36)37)57-33-16-17-45-40(27-33)47-31-24-30(25-34(26-31)55-5)42(53)46-18-19-51-20-22-56-23-21-51;1-2/h6-17,24-28H,18-23H2,1-5H3,(H,45,47)(H,46,53)(H2,48,49,54);1H3/i;1D. The van der Waals surface area contributed by atoms with Gasteiger partial charge in [-0.2, -0.15) is 5.10 Å². The highest BCUT2D eigenvalue weighted by Crippen LogP contribution is 2.36. The monoisotopic (exact) mass is 911 g/mol. The summed E-state index contributed by atoms with van der Waals surface area (Å²) in [6, 6.07) is 29.7. The quantitative estimate of drug-likeness (QED) is 0.0698. The molecule has 0 radical (unpaired) electrons. The van der Waals surface area contributed by atoms with E-state index in [4.69, 9.17) is 20.7 Å². The number of rotatable bonds is 12. The summed E-state index contributed by atoms with van der Waals surface area (Å²) in [5.41, 5.74) is 4.32. The minimum absolute atomic E-state index is 0.193. The number of halogens is 1. The first-order valence-corrected chi connectivity index (χ1v) is 20.8. The molecule has 14 heteroatoms. The average Bonchev–Trinajstić information content (AvgIpc) is 3.67. The highest BCUT2D eigenvalue weighted by molar-refractivity contribution is 14.1. The molecule has 4 aromatic carbocycles. The number of carbonyl (C=O) groups excluding carboxylic acids is 2. The van der Waals surface area contributed by atoms with Gasteiger partial charge in [-0.3, -0.25) is 15.0 Å². The van der Waals surface area contributed by atoms with Crippen LogP contribution in [-0.2, 0) is 10.2 Å². The summed E-state index contributed by atoms with van der Waals surface area (Å²) in [6.45, 7) is 12.7. The van der Waals surface area contributed by atoms with Gasteiger partial charge in [-0.15, -0.1) is 0 Å². The van der Waals surface area contributed by atoms with E-state index in [1.165, 1.54) is 0 Å². The first kappa shape index (κ1) is 41.4. The van der Waals surface area contributed by atoms with Gasteiger partial charge in [0, 0.05) is 79.4 Å². The third-order valence-electron chi connectivity index (χ3n) is 9.58. The molecule has 0 bridgehead atoms. The topological polar surface area (TPSA) is 144 Å². The Kier molecular flexibility index (Phi) is 13.9. The van der Waals surface area contributed by atoms with Crippen LogP contribution in [0.1, 0.15) is 43.8 Å². The fourth-order valence-corrected chi connectivity index (χ4v) is 6.45. The number of ether oxygens (including phenoxy) is 3. The van der Waals surface area contributed by atoms with Crippen LogP contribution in [0.2, 0.25) is 0 Å². The Hall–Kier alpha value is -5.71. The second-order valence-corrected chi connectivity index (χ2v) is 14.9. The van der Waals surface area contributed by atoms with Crippen LogP contribution in [0.3, 0.4) is 0 Å². The van der Waals surface area contributed by atoms with Crippen LogP contribution in [0, 0.1) is 6.92 Å². The lowest BCUT2D eigenvalue weighted by Gasteiger charge is -2.26. The number of aryl methyl sites for hydroxylation is 1. The van der Waals surface area contributed by atoms with Gasteiger partial charge in [0.25, 0.3) is 5.91 Å². The predicted molar refractivity (Wildman–Crippen MR) is 244 cm³/mol. The molecule has 7 rings (SSSR count). The SMILES string of the molecule is COc1cc(Nc2cc(Oc3ccc(NC(=O)Nc4cc(C(C)(C)C)nn4-c4ccc(C)cc4)c4ccccc34)ccn2)cc(C(=O)NCCN2CCOCC2)c1.[2H]CI. The second-order valence-electron chi connectivity index (χ2n) is 14.9. The van der Waals surface area contributed by atoms with E-state index in [-0.39, 0.29) is 11.3 Å². The molecule has 13 nitrogen and oxygen atoms in total. The van der Waals surface area contributed by atoms with Crippen LogP contribution in [-0.4, -0.2) is 83.0 Å². The third kappa shape index (κ3) is 11.3. The zero-order chi connectivity index (χ0) is 42.6. The van der Waals surface area contributed by atoms with Crippen molar-refractivity contribution in [1.82, 2.24) is 25.0 Å². The van der Waals surface area contributed by atoms with Gasteiger partial charge in [-0.25, -0.2) is 14.5 Å². The lowest BCUT2D eigenvalue weighted by atomic mass is 9.92. The van der Waals surface area contributed by atoms with Crippen LogP contribution < -0.4 is 30.7 Å². The van der Waals surface area contributed by atoms with E-state index in [1.54, 1.807) is 48.3 Å². The third-order valence-corrected chi connectivity index (χ3v) is 9.58. The number of hydrogen-bond donors (Lipinski definition) is 4. The van der Waals surface area contributed by atoms with E-state index < -0.39 is 6.03 Å². The maximum atomic E-state index is 13.5. The van der Waals surface area contributed by atoms with Gasteiger partial charge in [0.1, 0.15) is 28.9 Å². The summed E-state index contributed by atoms with van der Waals surface area (Å²) in [7, 11) is 1.56. The normalized spacial score (nSPS) is 13.1.